The Hall–Kier alpha value is -4.28. The molecule has 0 atom stereocenters. The highest BCUT2D eigenvalue weighted by Gasteiger charge is 2.18. The van der Waals surface area contributed by atoms with Crippen LogP contribution >= 0.6 is 11.6 Å². The first-order valence-corrected chi connectivity index (χ1v) is 11.3. The number of halogens is 1. The maximum absolute atomic E-state index is 12.8. The molecule has 0 bridgehead atoms. The fourth-order valence-corrected chi connectivity index (χ4v) is 3.68. The summed E-state index contributed by atoms with van der Waals surface area (Å²) in [5.74, 6) is -1.39. The number of carbonyl (C=O) groups excluding carboxylic acids is 2. The van der Waals surface area contributed by atoms with Gasteiger partial charge in [0.1, 0.15) is 11.2 Å². The summed E-state index contributed by atoms with van der Waals surface area (Å²) in [6.07, 6.45) is 2.67. The monoisotopic (exact) mass is 507 g/mol. The molecule has 184 valence electrons. The second-order valence-corrected chi connectivity index (χ2v) is 8.25. The van der Waals surface area contributed by atoms with Crippen LogP contribution in [0, 0.1) is 0 Å². The van der Waals surface area contributed by atoms with Crippen molar-refractivity contribution in [1.82, 2.24) is 20.0 Å². The van der Waals surface area contributed by atoms with Crippen molar-refractivity contribution in [2.45, 2.75) is 12.8 Å². The Kier molecular flexibility index (Phi) is 7.57. The normalized spacial score (nSPS) is 10.8. The van der Waals surface area contributed by atoms with Gasteiger partial charge in [-0.2, -0.15) is 4.98 Å². The minimum Gasteiger partial charge on any atom is -0.467 e. The Bertz CT molecular complexity index is 1480. The molecular formula is C25H22ClN5O5. The zero-order valence-corrected chi connectivity index (χ0v) is 20.0. The number of carbonyl (C=O) groups is 2. The molecule has 2 aromatic heterocycles. The fraction of sp³-hybridized carbons (Fsp3) is 0.160. The number of fused-ring (bicyclic) bond motifs is 1. The number of hydrogen-bond donors (Lipinski definition) is 3. The first kappa shape index (κ1) is 24.8. The molecule has 0 spiro atoms. The summed E-state index contributed by atoms with van der Waals surface area (Å²) in [4.78, 5) is 48.5. The topological polar surface area (TPSA) is 138 Å². The van der Waals surface area contributed by atoms with Crippen LogP contribution in [0.2, 0.25) is 5.02 Å². The summed E-state index contributed by atoms with van der Waals surface area (Å²) in [6, 6.07) is 15.3. The Morgan fingerprint density at radius 2 is 1.94 bits per heavy atom. The van der Waals surface area contributed by atoms with Crippen LogP contribution in [0.3, 0.4) is 0 Å². The van der Waals surface area contributed by atoms with Crippen LogP contribution in [0.25, 0.3) is 11.0 Å². The standard InChI is InChI=1S/C25H22ClN5O5/c1-36-25-27-14-17-12-18(23(33)29-21(17)30-25)22(32)28-20-13-16(9-10-19(20)26)24(34)31(35)11-5-8-15-6-3-2-4-7-15/h2-4,6-7,9-10,12-14,35H,5,8,11H2,1H3,(H,28,32)(H,27,29,30,33). The summed E-state index contributed by atoms with van der Waals surface area (Å²) in [7, 11) is 1.39. The van der Waals surface area contributed by atoms with Crippen LogP contribution < -0.4 is 15.6 Å². The van der Waals surface area contributed by atoms with Crippen molar-refractivity contribution < 1.29 is 19.5 Å². The molecule has 36 heavy (non-hydrogen) atoms. The molecule has 0 radical (unpaired) electrons. The van der Waals surface area contributed by atoms with Gasteiger partial charge in [-0.05, 0) is 42.7 Å². The largest absolute Gasteiger partial charge is 0.467 e. The van der Waals surface area contributed by atoms with Crippen molar-refractivity contribution in [1.29, 1.82) is 0 Å². The number of hydroxylamine groups is 2. The van der Waals surface area contributed by atoms with E-state index < -0.39 is 17.4 Å². The van der Waals surface area contributed by atoms with Crippen molar-refractivity contribution in [3.8, 4) is 6.01 Å². The third kappa shape index (κ3) is 5.68. The number of aromatic amines is 1. The number of aryl methyl sites for hydroxylation is 1. The predicted octanol–water partition coefficient (Wildman–Crippen LogP) is 3.70. The predicted molar refractivity (Wildman–Crippen MR) is 134 cm³/mol. The van der Waals surface area contributed by atoms with E-state index in [9.17, 15) is 19.6 Å². The first-order chi connectivity index (χ1) is 17.4. The zero-order chi connectivity index (χ0) is 25.7. The number of anilines is 1. The molecule has 4 aromatic rings. The smallest absolute Gasteiger partial charge is 0.318 e. The summed E-state index contributed by atoms with van der Waals surface area (Å²) in [6.45, 7) is 0.122. The fourth-order valence-electron chi connectivity index (χ4n) is 3.52. The number of pyridine rings is 1. The molecule has 4 rings (SSSR count). The minimum atomic E-state index is -0.746. The molecule has 10 nitrogen and oxygen atoms in total. The Morgan fingerprint density at radius 1 is 1.17 bits per heavy atom. The lowest BCUT2D eigenvalue weighted by molar-refractivity contribution is -0.0584. The molecule has 2 amide bonds. The molecule has 2 heterocycles. The van der Waals surface area contributed by atoms with E-state index >= 15 is 0 Å². The lowest BCUT2D eigenvalue weighted by Gasteiger charge is -2.16. The molecule has 0 aliphatic carbocycles. The third-order valence-corrected chi connectivity index (χ3v) is 5.70. The number of H-pyrrole nitrogens is 1. The number of methoxy groups -OCH3 is 1. The Labute approximate surface area is 210 Å². The van der Waals surface area contributed by atoms with E-state index in [4.69, 9.17) is 16.3 Å². The van der Waals surface area contributed by atoms with Gasteiger partial charge in [-0.1, -0.05) is 41.9 Å². The maximum atomic E-state index is 12.8. The van der Waals surface area contributed by atoms with Crippen molar-refractivity contribution in [3.05, 3.63) is 92.9 Å². The molecule has 0 unspecified atom stereocenters. The lowest BCUT2D eigenvalue weighted by Crippen LogP contribution is -2.29. The van der Waals surface area contributed by atoms with E-state index in [1.54, 1.807) is 0 Å². The summed E-state index contributed by atoms with van der Waals surface area (Å²) in [5.41, 5.74) is 0.659. The minimum absolute atomic E-state index is 0.0709. The third-order valence-electron chi connectivity index (χ3n) is 5.37. The second kappa shape index (κ2) is 11.0. The van der Waals surface area contributed by atoms with Gasteiger partial charge in [-0.15, -0.1) is 0 Å². The molecular weight excluding hydrogens is 486 g/mol. The number of ether oxygens (including phenoxy) is 1. The lowest BCUT2D eigenvalue weighted by atomic mass is 10.1. The quantitative estimate of drug-likeness (QED) is 0.244. The SMILES string of the molecule is COc1ncc2cc(C(=O)Nc3cc(C(=O)N(O)CCCc4ccccc4)ccc3Cl)c(=O)[nH]c2n1. The van der Waals surface area contributed by atoms with Gasteiger partial charge >= 0.3 is 6.01 Å². The molecule has 3 N–H and O–H groups in total. The molecule has 0 saturated carbocycles. The van der Waals surface area contributed by atoms with E-state index in [0.717, 1.165) is 5.56 Å². The first-order valence-electron chi connectivity index (χ1n) is 11.0. The van der Waals surface area contributed by atoms with Crippen LogP contribution in [-0.4, -0.2) is 50.7 Å². The number of rotatable bonds is 8. The van der Waals surface area contributed by atoms with E-state index in [2.05, 4.69) is 20.3 Å². The van der Waals surface area contributed by atoms with Crippen molar-refractivity contribution in [3.63, 3.8) is 0 Å². The number of benzene rings is 2. The number of aromatic nitrogens is 3. The highest BCUT2D eigenvalue weighted by Crippen LogP contribution is 2.24. The second-order valence-electron chi connectivity index (χ2n) is 7.84. The molecule has 2 aromatic carbocycles. The van der Waals surface area contributed by atoms with Gasteiger partial charge in [-0.25, -0.2) is 10.0 Å². The van der Waals surface area contributed by atoms with Gasteiger partial charge < -0.3 is 15.0 Å². The average molecular weight is 508 g/mol. The molecule has 0 saturated heterocycles. The van der Waals surface area contributed by atoms with E-state index in [0.29, 0.717) is 23.3 Å². The summed E-state index contributed by atoms with van der Waals surface area (Å²) >= 11 is 6.21. The maximum Gasteiger partial charge on any atom is 0.318 e. The number of hydrogen-bond acceptors (Lipinski definition) is 7. The van der Waals surface area contributed by atoms with E-state index in [1.807, 2.05) is 30.3 Å². The van der Waals surface area contributed by atoms with Crippen molar-refractivity contribution in [2.75, 3.05) is 19.0 Å². The van der Waals surface area contributed by atoms with Gasteiger partial charge in [0.25, 0.3) is 17.4 Å². The average Bonchev–Trinajstić information content (AvgIpc) is 2.89. The van der Waals surface area contributed by atoms with Gasteiger partial charge in [0.2, 0.25) is 0 Å². The van der Waals surface area contributed by atoms with E-state index in [1.165, 1.54) is 37.6 Å². The van der Waals surface area contributed by atoms with Crippen LogP contribution in [0.4, 0.5) is 5.69 Å². The van der Waals surface area contributed by atoms with Crippen molar-refractivity contribution in [2.24, 2.45) is 0 Å². The highest BCUT2D eigenvalue weighted by atomic mass is 35.5. The summed E-state index contributed by atoms with van der Waals surface area (Å²) < 4.78 is 4.93. The Balaban J connectivity index is 1.47. The van der Waals surface area contributed by atoms with Crippen LogP contribution in [0.1, 0.15) is 32.7 Å². The number of nitrogens with zero attached hydrogens (tertiary/aromatic N) is 3. The molecule has 0 aliphatic rings. The molecule has 0 fully saturated rings. The van der Waals surface area contributed by atoms with Gasteiger partial charge in [0.15, 0.2) is 0 Å². The highest BCUT2D eigenvalue weighted by molar-refractivity contribution is 6.34. The van der Waals surface area contributed by atoms with Gasteiger partial charge in [0.05, 0.1) is 17.8 Å². The molecule has 11 heteroatoms. The number of amides is 2. The Morgan fingerprint density at radius 3 is 2.69 bits per heavy atom. The van der Waals surface area contributed by atoms with Gasteiger partial charge in [-0.3, -0.25) is 19.6 Å². The van der Waals surface area contributed by atoms with Crippen LogP contribution in [0.5, 0.6) is 6.01 Å². The van der Waals surface area contributed by atoms with Gasteiger partial charge in [0, 0.05) is 23.7 Å². The van der Waals surface area contributed by atoms with Crippen LogP contribution in [-0.2, 0) is 6.42 Å². The number of nitrogens with one attached hydrogen (secondary N) is 2. The van der Waals surface area contributed by atoms with Crippen LogP contribution in [0.15, 0.2) is 65.6 Å². The van der Waals surface area contributed by atoms with Crippen molar-refractivity contribution >= 4 is 40.1 Å². The van der Waals surface area contributed by atoms with E-state index in [-0.39, 0.29) is 40.0 Å². The zero-order valence-electron chi connectivity index (χ0n) is 19.2. The summed E-state index contributed by atoms with van der Waals surface area (Å²) in [5, 5.41) is 14.0. The molecule has 0 aliphatic heterocycles.